The zero-order valence-electron chi connectivity index (χ0n) is 4.79. The summed E-state index contributed by atoms with van der Waals surface area (Å²) in [5.41, 5.74) is 0.838. The van der Waals surface area contributed by atoms with E-state index in [1.54, 1.807) is 0 Å². The lowest BCUT2D eigenvalue weighted by atomic mass is 10.4. The molecule has 0 N–H and O–H groups in total. The van der Waals surface area contributed by atoms with E-state index in [1.165, 1.54) is 7.05 Å². The number of allylic oxidation sites excluding steroid dienone is 3. The van der Waals surface area contributed by atoms with Gasteiger partial charge in [-0.3, -0.25) is 0 Å². The Balaban J connectivity index is 2.51. The first-order valence-corrected chi connectivity index (χ1v) is 2.57. The molecule has 0 aromatic rings. The molecule has 0 radical (unpaired) electrons. The number of hydrogen-bond acceptors (Lipinski definition) is 2. The lowest BCUT2D eigenvalue weighted by Crippen LogP contribution is -2.05. The molecule has 2 nitrogen and oxygen atoms in total. The van der Waals surface area contributed by atoms with Crippen LogP contribution in [0.15, 0.2) is 23.9 Å². The summed E-state index contributed by atoms with van der Waals surface area (Å²) in [5.74, 6) is 0. The summed E-state index contributed by atoms with van der Waals surface area (Å²) >= 11 is 0. The molecule has 1 aliphatic rings. The summed E-state index contributed by atoms with van der Waals surface area (Å²) in [5, 5.41) is 11.3. The first-order valence-electron chi connectivity index (χ1n) is 2.57. The Kier molecular flexibility index (Phi) is 1.35. The van der Waals surface area contributed by atoms with Crippen LogP contribution in [0.2, 0.25) is 0 Å². The van der Waals surface area contributed by atoms with Crippen molar-refractivity contribution in [1.82, 2.24) is 5.06 Å². The van der Waals surface area contributed by atoms with E-state index in [-0.39, 0.29) is 0 Å². The van der Waals surface area contributed by atoms with E-state index in [1.807, 2.05) is 18.2 Å². The van der Waals surface area contributed by atoms with Crippen molar-refractivity contribution in [3.8, 4) is 0 Å². The van der Waals surface area contributed by atoms with Crippen molar-refractivity contribution in [2.45, 2.75) is 6.42 Å². The SMILES string of the molecule is CN([O-])C1=CC=CC1. The van der Waals surface area contributed by atoms with Gasteiger partial charge in [0.15, 0.2) is 0 Å². The van der Waals surface area contributed by atoms with Crippen LogP contribution in [0.5, 0.6) is 0 Å². The van der Waals surface area contributed by atoms with Crippen LogP contribution in [0.25, 0.3) is 0 Å². The fourth-order valence-corrected chi connectivity index (χ4v) is 0.669. The minimum absolute atomic E-state index is 0.792. The van der Waals surface area contributed by atoms with Crippen molar-refractivity contribution in [2.75, 3.05) is 7.05 Å². The van der Waals surface area contributed by atoms with Gasteiger partial charge in [-0.2, -0.15) is 0 Å². The highest BCUT2D eigenvalue weighted by molar-refractivity contribution is 5.21. The fourth-order valence-electron chi connectivity index (χ4n) is 0.669. The van der Waals surface area contributed by atoms with E-state index < -0.39 is 0 Å². The van der Waals surface area contributed by atoms with Crippen molar-refractivity contribution in [2.24, 2.45) is 0 Å². The van der Waals surface area contributed by atoms with E-state index >= 15 is 0 Å². The maximum atomic E-state index is 10.5. The highest BCUT2D eigenvalue weighted by Gasteiger charge is 1.94. The second-order valence-electron chi connectivity index (χ2n) is 1.79. The molecule has 0 fully saturated rings. The molecule has 0 unspecified atom stereocenters. The van der Waals surface area contributed by atoms with Crippen LogP contribution in [0.3, 0.4) is 0 Å². The van der Waals surface area contributed by atoms with Gasteiger partial charge in [-0.15, -0.1) is 0 Å². The van der Waals surface area contributed by atoms with E-state index in [0.717, 1.165) is 17.2 Å². The largest absolute Gasteiger partial charge is 0.759 e. The standard InChI is InChI=1S/C6H8NO/c1-7(8)6-4-2-3-5-6/h2-4H,5H2,1H3/q-1. The van der Waals surface area contributed by atoms with Crippen LogP contribution in [0, 0.1) is 5.21 Å². The number of hydroxylamine groups is 2. The van der Waals surface area contributed by atoms with Gasteiger partial charge in [-0.05, 0) is 13.1 Å². The van der Waals surface area contributed by atoms with Gasteiger partial charge in [-0.25, -0.2) is 0 Å². The lowest BCUT2D eigenvalue weighted by Gasteiger charge is -2.25. The summed E-state index contributed by atoms with van der Waals surface area (Å²) in [6.45, 7) is 0. The predicted octanol–water partition coefficient (Wildman–Crippen LogP) is 1.26. The molecule has 0 aromatic heterocycles. The highest BCUT2D eigenvalue weighted by atomic mass is 16.5. The Labute approximate surface area is 48.7 Å². The Morgan fingerprint density at radius 3 is 2.75 bits per heavy atom. The molecule has 0 spiro atoms. The highest BCUT2D eigenvalue weighted by Crippen LogP contribution is 2.11. The zero-order chi connectivity index (χ0) is 5.98. The Morgan fingerprint density at radius 2 is 2.50 bits per heavy atom. The molecule has 8 heavy (non-hydrogen) atoms. The number of nitrogens with zero attached hydrogens (tertiary/aromatic N) is 1. The molecule has 0 atom stereocenters. The molecule has 0 saturated heterocycles. The van der Waals surface area contributed by atoms with Crippen molar-refractivity contribution in [3.05, 3.63) is 29.1 Å². The summed E-state index contributed by atoms with van der Waals surface area (Å²) in [6, 6.07) is 0. The molecule has 0 aliphatic heterocycles. The molecule has 1 aliphatic carbocycles. The van der Waals surface area contributed by atoms with Gasteiger partial charge in [0.1, 0.15) is 0 Å². The van der Waals surface area contributed by atoms with Crippen LogP contribution in [-0.4, -0.2) is 12.1 Å². The molecular formula is C6H8NO-. The minimum atomic E-state index is 0.792. The van der Waals surface area contributed by atoms with Crippen molar-refractivity contribution in [3.63, 3.8) is 0 Å². The van der Waals surface area contributed by atoms with Gasteiger partial charge in [-0.1, -0.05) is 12.2 Å². The lowest BCUT2D eigenvalue weighted by molar-refractivity contribution is 0.563. The Hall–Kier alpha value is -0.760. The second-order valence-corrected chi connectivity index (χ2v) is 1.79. The molecule has 0 aromatic carbocycles. The number of rotatable bonds is 1. The summed E-state index contributed by atoms with van der Waals surface area (Å²) in [4.78, 5) is 0. The van der Waals surface area contributed by atoms with E-state index in [0.29, 0.717) is 0 Å². The first kappa shape index (κ1) is 5.38. The van der Waals surface area contributed by atoms with Gasteiger partial charge in [0, 0.05) is 12.1 Å². The van der Waals surface area contributed by atoms with Gasteiger partial charge in [0.25, 0.3) is 0 Å². The third-order valence-corrected chi connectivity index (χ3v) is 1.16. The monoisotopic (exact) mass is 110 g/mol. The topological polar surface area (TPSA) is 26.3 Å². The number of hydrogen-bond donors (Lipinski definition) is 0. The van der Waals surface area contributed by atoms with Crippen molar-refractivity contribution in [1.29, 1.82) is 0 Å². The quantitative estimate of drug-likeness (QED) is 0.475. The second kappa shape index (κ2) is 2.01. The summed E-state index contributed by atoms with van der Waals surface area (Å²) in [6.07, 6.45) is 6.47. The van der Waals surface area contributed by atoms with Crippen LogP contribution in [-0.2, 0) is 0 Å². The zero-order valence-corrected chi connectivity index (χ0v) is 4.79. The maximum absolute atomic E-state index is 10.5. The van der Waals surface area contributed by atoms with Crippen LogP contribution in [0.1, 0.15) is 6.42 Å². The molecule has 0 bridgehead atoms. The predicted molar refractivity (Wildman–Crippen MR) is 33.0 cm³/mol. The summed E-state index contributed by atoms with van der Waals surface area (Å²) in [7, 11) is 1.51. The van der Waals surface area contributed by atoms with E-state index in [9.17, 15) is 5.21 Å². The average Bonchev–Trinajstić information content (AvgIpc) is 2.12. The molecule has 0 saturated carbocycles. The molecule has 1 rings (SSSR count). The molecule has 0 heterocycles. The Morgan fingerprint density at radius 1 is 1.75 bits per heavy atom. The first-order chi connectivity index (χ1) is 3.80. The van der Waals surface area contributed by atoms with Gasteiger partial charge >= 0.3 is 0 Å². The van der Waals surface area contributed by atoms with Crippen LogP contribution in [0.4, 0.5) is 0 Å². The normalized spacial score (nSPS) is 16.5. The van der Waals surface area contributed by atoms with Gasteiger partial charge in [0.2, 0.25) is 0 Å². The fraction of sp³-hybridized carbons (Fsp3) is 0.333. The summed E-state index contributed by atoms with van der Waals surface area (Å²) < 4.78 is 0. The molecule has 0 amide bonds. The van der Waals surface area contributed by atoms with Crippen molar-refractivity contribution < 1.29 is 0 Å². The van der Waals surface area contributed by atoms with E-state index in [4.69, 9.17) is 0 Å². The van der Waals surface area contributed by atoms with Crippen LogP contribution < -0.4 is 0 Å². The average molecular weight is 110 g/mol. The molecule has 44 valence electrons. The van der Waals surface area contributed by atoms with Gasteiger partial charge in [0.05, 0.1) is 0 Å². The molecule has 2 heteroatoms. The van der Waals surface area contributed by atoms with Crippen molar-refractivity contribution >= 4 is 0 Å². The minimum Gasteiger partial charge on any atom is -0.759 e. The third-order valence-electron chi connectivity index (χ3n) is 1.16. The van der Waals surface area contributed by atoms with Crippen LogP contribution >= 0.6 is 0 Å². The molecular weight excluding hydrogens is 102 g/mol. The Bertz CT molecular complexity index is 135. The van der Waals surface area contributed by atoms with Gasteiger partial charge < -0.3 is 10.3 Å². The smallest absolute Gasteiger partial charge is 0.00618 e. The maximum Gasteiger partial charge on any atom is 0.00618 e. The van der Waals surface area contributed by atoms with E-state index in [2.05, 4.69) is 0 Å². The third kappa shape index (κ3) is 0.898.